The number of anilines is 2. The molecule has 0 fully saturated rings. The van der Waals surface area contributed by atoms with Crippen molar-refractivity contribution in [3.63, 3.8) is 0 Å². The van der Waals surface area contributed by atoms with Crippen molar-refractivity contribution in [2.45, 2.75) is 4.90 Å². The molecule has 0 saturated heterocycles. The van der Waals surface area contributed by atoms with Crippen LogP contribution >= 0.6 is 12.2 Å². The van der Waals surface area contributed by atoms with Crippen molar-refractivity contribution in [2.24, 2.45) is 5.73 Å². The highest BCUT2D eigenvalue weighted by atomic mass is 32.2. The molecule has 0 radical (unpaired) electrons. The summed E-state index contributed by atoms with van der Waals surface area (Å²) >= 11 is 4.96. The summed E-state index contributed by atoms with van der Waals surface area (Å²) in [6.45, 7) is 0. The third-order valence-electron chi connectivity index (χ3n) is 2.99. The molecule has 0 aliphatic carbocycles. The van der Waals surface area contributed by atoms with E-state index < -0.39 is 9.84 Å². The molecule has 0 amide bonds. The quantitative estimate of drug-likeness (QED) is 0.867. The molecule has 7 heteroatoms. The number of thiocarbonyl (C=S) groups is 1. The average molecular weight is 321 g/mol. The Morgan fingerprint density at radius 3 is 2.62 bits per heavy atom. The van der Waals surface area contributed by atoms with Gasteiger partial charge in [0.05, 0.1) is 0 Å². The maximum Gasteiger partial charge on any atom is 0.179 e. The van der Waals surface area contributed by atoms with E-state index in [0.717, 1.165) is 11.9 Å². The fourth-order valence-electron chi connectivity index (χ4n) is 1.91. The van der Waals surface area contributed by atoms with Crippen molar-refractivity contribution >= 4 is 38.5 Å². The van der Waals surface area contributed by atoms with Crippen molar-refractivity contribution in [2.75, 3.05) is 18.2 Å². The van der Waals surface area contributed by atoms with Gasteiger partial charge in [-0.3, -0.25) is 0 Å². The average Bonchev–Trinajstić information content (AvgIpc) is 2.45. The zero-order valence-electron chi connectivity index (χ0n) is 11.6. The number of nitrogens with two attached hydrogens (primary N) is 1. The molecular weight excluding hydrogens is 306 g/mol. The minimum atomic E-state index is -3.37. The minimum absolute atomic E-state index is 0.174. The number of sulfone groups is 1. The second-order valence-electron chi connectivity index (χ2n) is 4.57. The zero-order valence-corrected chi connectivity index (χ0v) is 13.3. The van der Waals surface area contributed by atoms with Crippen LogP contribution in [0.3, 0.4) is 0 Å². The molecule has 1 aromatic carbocycles. The van der Waals surface area contributed by atoms with Crippen molar-refractivity contribution in [1.82, 2.24) is 4.98 Å². The van der Waals surface area contributed by atoms with Gasteiger partial charge >= 0.3 is 0 Å². The zero-order chi connectivity index (χ0) is 15.6. The second-order valence-corrected chi connectivity index (χ2v) is 6.99. The highest BCUT2D eigenvalue weighted by Crippen LogP contribution is 2.28. The minimum Gasteiger partial charge on any atom is -0.389 e. The van der Waals surface area contributed by atoms with Crippen molar-refractivity contribution in [1.29, 1.82) is 0 Å². The smallest absolute Gasteiger partial charge is 0.179 e. The summed E-state index contributed by atoms with van der Waals surface area (Å²) in [5.74, 6) is 0.361. The van der Waals surface area contributed by atoms with Gasteiger partial charge in [0.25, 0.3) is 0 Å². The Labute approximate surface area is 129 Å². The number of benzene rings is 1. The van der Waals surface area contributed by atoms with Gasteiger partial charge in [0, 0.05) is 30.8 Å². The highest BCUT2D eigenvalue weighted by Gasteiger charge is 2.18. The van der Waals surface area contributed by atoms with Crippen LogP contribution in [0.2, 0.25) is 0 Å². The van der Waals surface area contributed by atoms with Crippen LogP contribution in [0.5, 0.6) is 0 Å². The number of aromatic nitrogens is 1. The molecule has 21 heavy (non-hydrogen) atoms. The molecule has 0 spiro atoms. The fraction of sp³-hybridized carbons (Fsp3) is 0.143. The number of hydrogen-bond donors (Lipinski definition) is 1. The van der Waals surface area contributed by atoms with Gasteiger partial charge < -0.3 is 10.6 Å². The summed E-state index contributed by atoms with van der Waals surface area (Å²) in [5.41, 5.74) is 7.09. The second kappa shape index (κ2) is 5.79. The summed E-state index contributed by atoms with van der Waals surface area (Å²) in [4.78, 5) is 6.33. The molecular formula is C14H15N3O2S2. The highest BCUT2D eigenvalue weighted by molar-refractivity contribution is 7.90. The topological polar surface area (TPSA) is 76.3 Å². The maximum absolute atomic E-state index is 11.9. The first-order chi connectivity index (χ1) is 9.80. The molecule has 1 aromatic heterocycles. The van der Waals surface area contributed by atoms with E-state index in [4.69, 9.17) is 18.0 Å². The lowest BCUT2D eigenvalue weighted by atomic mass is 10.2. The normalized spacial score (nSPS) is 11.1. The Balaban J connectivity index is 2.53. The van der Waals surface area contributed by atoms with E-state index in [1.165, 1.54) is 6.07 Å². The number of nitrogens with zero attached hydrogens (tertiary/aromatic N) is 2. The Morgan fingerprint density at radius 1 is 1.29 bits per heavy atom. The molecule has 0 bridgehead atoms. The van der Waals surface area contributed by atoms with Crippen LogP contribution in [0.4, 0.5) is 11.5 Å². The summed E-state index contributed by atoms with van der Waals surface area (Å²) in [6, 6.07) is 10.4. The molecule has 5 nitrogen and oxygen atoms in total. The van der Waals surface area contributed by atoms with E-state index in [9.17, 15) is 8.42 Å². The molecule has 110 valence electrons. The van der Waals surface area contributed by atoms with Crippen LogP contribution in [0.15, 0.2) is 47.5 Å². The molecule has 0 aliphatic heterocycles. The van der Waals surface area contributed by atoms with E-state index in [0.29, 0.717) is 11.4 Å². The van der Waals surface area contributed by atoms with Crippen LogP contribution in [0.25, 0.3) is 0 Å². The molecule has 0 atom stereocenters. The van der Waals surface area contributed by atoms with E-state index >= 15 is 0 Å². The molecule has 2 N–H and O–H groups in total. The fourth-order valence-corrected chi connectivity index (χ4v) is 2.89. The third kappa shape index (κ3) is 3.37. The predicted molar refractivity (Wildman–Crippen MR) is 87.7 cm³/mol. The van der Waals surface area contributed by atoms with Gasteiger partial charge in [-0.2, -0.15) is 0 Å². The van der Waals surface area contributed by atoms with Gasteiger partial charge in [0.1, 0.15) is 9.88 Å². The van der Waals surface area contributed by atoms with Crippen LogP contribution in [-0.2, 0) is 9.84 Å². The summed E-state index contributed by atoms with van der Waals surface area (Å²) in [6.07, 6.45) is 2.71. The van der Waals surface area contributed by atoms with Crippen molar-refractivity contribution < 1.29 is 8.42 Å². The Kier molecular flexibility index (Phi) is 4.24. The molecule has 2 aromatic rings. The van der Waals surface area contributed by atoms with Gasteiger partial charge in [-0.05, 0) is 24.3 Å². The Morgan fingerprint density at radius 2 is 2.00 bits per heavy atom. The van der Waals surface area contributed by atoms with Gasteiger partial charge in [-0.1, -0.05) is 24.4 Å². The first kappa shape index (κ1) is 15.4. The lowest BCUT2D eigenvalue weighted by molar-refractivity contribution is 0.601. The first-order valence-corrected chi connectivity index (χ1v) is 8.39. The molecule has 0 unspecified atom stereocenters. The van der Waals surface area contributed by atoms with Crippen LogP contribution in [0, 0.1) is 0 Å². The largest absolute Gasteiger partial charge is 0.389 e. The molecule has 1 heterocycles. The van der Waals surface area contributed by atoms with Crippen LogP contribution in [0.1, 0.15) is 5.56 Å². The van der Waals surface area contributed by atoms with Gasteiger partial charge in [-0.15, -0.1) is 0 Å². The van der Waals surface area contributed by atoms with Crippen LogP contribution in [-0.4, -0.2) is 31.7 Å². The lowest BCUT2D eigenvalue weighted by Crippen LogP contribution is -2.16. The van der Waals surface area contributed by atoms with Gasteiger partial charge in [0.15, 0.2) is 15.7 Å². The molecule has 2 rings (SSSR count). The SMILES string of the molecule is CN(c1cccc(C(N)=S)c1)c1ncccc1S(C)(=O)=O. The van der Waals surface area contributed by atoms with E-state index in [-0.39, 0.29) is 9.88 Å². The van der Waals surface area contributed by atoms with Crippen molar-refractivity contribution in [3.8, 4) is 0 Å². The summed E-state index contributed by atoms with van der Waals surface area (Å²) < 4.78 is 23.7. The number of rotatable bonds is 4. The van der Waals surface area contributed by atoms with Gasteiger partial charge in [-0.25, -0.2) is 13.4 Å². The lowest BCUT2D eigenvalue weighted by Gasteiger charge is -2.21. The van der Waals surface area contributed by atoms with Crippen molar-refractivity contribution in [3.05, 3.63) is 48.2 Å². The van der Waals surface area contributed by atoms with Gasteiger partial charge in [0.2, 0.25) is 0 Å². The Hall–Kier alpha value is -1.99. The summed E-state index contributed by atoms with van der Waals surface area (Å²) in [7, 11) is -1.62. The van der Waals surface area contributed by atoms with E-state index in [1.54, 1.807) is 36.3 Å². The number of pyridine rings is 1. The third-order valence-corrected chi connectivity index (χ3v) is 4.34. The van der Waals surface area contributed by atoms with E-state index in [1.807, 2.05) is 12.1 Å². The standard InChI is InChI=1S/C14H15N3O2S2/c1-17(11-6-3-5-10(9-11)13(15)20)14-12(21(2,18)19)7-4-8-16-14/h3-9H,1-2H3,(H2,15,20). The monoisotopic (exact) mass is 321 g/mol. The maximum atomic E-state index is 11.9. The molecule has 0 saturated carbocycles. The number of hydrogen-bond acceptors (Lipinski definition) is 5. The summed E-state index contributed by atoms with van der Waals surface area (Å²) in [5, 5.41) is 0. The molecule has 0 aliphatic rings. The van der Waals surface area contributed by atoms with Crippen LogP contribution < -0.4 is 10.6 Å². The Bertz CT molecular complexity index is 788. The van der Waals surface area contributed by atoms with E-state index in [2.05, 4.69) is 4.98 Å². The predicted octanol–water partition coefficient (Wildman–Crippen LogP) is 1.89. The first-order valence-electron chi connectivity index (χ1n) is 6.09.